The molecule has 2 aliphatic rings. The lowest BCUT2D eigenvalue weighted by Crippen LogP contribution is -2.19. The lowest BCUT2D eigenvalue weighted by Gasteiger charge is -2.27. The molecule has 1 fully saturated rings. The summed E-state index contributed by atoms with van der Waals surface area (Å²) < 4.78 is 0. The van der Waals surface area contributed by atoms with Crippen LogP contribution < -0.4 is 5.32 Å². The smallest absolute Gasteiger partial charge is 0.125 e. The molecule has 1 unspecified atom stereocenters. The molecule has 98 valence electrons. The van der Waals surface area contributed by atoms with Crippen LogP contribution in [0.5, 0.6) is 0 Å². The minimum atomic E-state index is 0.499. The van der Waals surface area contributed by atoms with Crippen molar-refractivity contribution in [3.05, 3.63) is 45.4 Å². The van der Waals surface area contributed by atoms with Crippen molar-refractivity contribution in [1.82, 2.24) is 15.5 Å². The summed E-state index contributed by atoms with van der Waals surface area (Å²) >= 11 is 1.79. The largest absolute Gasteiger partial charge is 0.314 e. The van der Waals surface area contributed by atoms with Gasteiger partial charge in [0.25, 0.3) is 0 Å². The van der Waals surface area contributed by atoms with Gasteiger partial charge in [0, 0.05) is 24.9 Å². The Morgan fingerprint density at radius 3 is 2.95 bits per heavy atom. The molecule has 4 rings (SSSR count). The molecule has 0 bridgehead atoms. The molecule has 0 amide bonds. The second-order valence-electron chi connectivity index (χ2n) is 5.47. The van der Waals surface area contributed by atoms with Gasteiger partial charge < -0.3 is 5.32 Å². The van der Waals surface area contributed by atoms with Gasteiger partial charge in [-0.2, -0.15) is 0 Å². The van der Waals surface area contributed by atoms with E-state index in [9.17, 15) is 0 Å². The second kappa shape index (κ2) is 4.69. The zero-order chi connectivity index (χ0) is 12.7. The van der Waals surface area contributed by atoms with E-state index >= 15 is 0 Å². The van der Waals surface area contributed by atoms with E-state index < -0.39 is 0 Å². The quantitative estimate of drug-likeness (QED) is 0.908. The maximum Gasteiger partial charge on any atom is 0.125 e. The number of nitrogens with one attached hydrogen (secondary N) is 1. The molecule has 0 aliphatic heterocycles. The van der Waals surface area contributed by atoms with Crippen LogP contribution in [0.2, 0.25) is 0 Å². The summed E-state index contributed by atoms with van der Waals surface area (Å²) in [7, 11) is 0. The van der Waals surface area contributed by atoms with Crippen molar-refractivity contribution >= 4 is 11.3 Å². The molecule has 19 heavy (non-hydrogen) atoms. The van der Waals surface area contributed by atoms with E-state index in [4.69, 9.17) is 0 Å². The minimum absolute atomic E-state index is 0.499. The van der Waals surface area contributed by atoms with Crippen LogP contribution in [0.1, 0.15) is 39.9 Å². The number of fused-ring (bicyclic) bond motifs is 1. The summed E-state index contributed by atoms with van der Waals surface area (Å²) in [6, 6.07) is 9.45. The highest BCUT2D eigenvalue weighted by atomic mass is 32.1. The Morgan fingerprint density at radius 1 is 1.21 bits per heavy atom. The zero-order valence-corrected chi connectivity index (χ0v) is 11.6. The predicted molar refractivity (Wildman–Crippen MR) is 76.6 cm³/mol. The third kappa shape index (κ3) is 2.30. The fraction of sp³-hybridized carbons (Fsp3) is 0.467. The van der Waals surface area contributed by atoms with Gasteiger partial charge in [0.1, 0.15) is 10.0 Å². The number of rotatable bonds is 5. The van der Waals surface area contributed by atoms with Crippen molar-refractivity contribution in [1.29, 1.82) is 0 Å². The lowest BCUT2D eigenvalue weighted by atomic mass is 9.78. The molecule has 1 saturated carbocycles. The molecule has 0 spiro atoms. The minimum Gasteiger partial charge on any atom is -0.314 e. The van der Waals surface area contributed by atoms with Gasteiger partial charge in [-0.3, -0.25) is 0 Å². The summed E-state index contributed by atoms with van der Waals surface area (Å²) in [5.41, 5.74) is 2.92. The molecular weight excluding hydrogens is 254 g/mol. The molecule has 3 nitrogen and oxygen atoms in total. The zero-order valence-electron chi connectivity index (χ0n) is 10.8. The molecule has 2 aromatic rings. The Labute approximate surface area is 117 Å². The molecular formula is C15H17N3S. The molecule has 0 radical (unpaired) electrons. The van der Waals surface area contributed by atoms with E-state index in [1.54, 1.807) is 11.3 Å². The van der Waals surface area contributed by atoms with Crippen LogP contribution in [0.15, 0.2) is 24.3 Å². The highest BCUT2D eigenvalue weighted by Gasteiger charge is 2.29. The number of benzene rings is 1. The topological polar surface area (TPSA) is 37.8 Å². The van der Waals surface area contributed by atoms with Crippen molar-refractivity contribution in [2.75, 3.05) is 6.54 Å². The molecule has 1 aromatic carbocycles. The first-order valence-corrected chi connectivity index (χ1v) is 7.85. The molecule has 1 aromatic heterocycles. The van der Waals surface area contributed by atoms with Crippen LogP contribution in [0.4, 0.5) is 0 Å². The van der Waals surface area contributed by atoms with Gasteiger partial charge >= 0.3 is 0 Å². The third-order valence-corrected chi connectivity index (χ3v) is 5.08. The van der Waals surface area contributed by atoms with Gasteiger partial charge in [0.15, 0.2) is 0 Å². The van der Waals surface area contributed by atoms with Crippen molar-refractivity contribution in [3.8, 4) is 0 Å². The third-order valence-electron chi connectivity index (χ3n) is 3.98. The standard InChI is InChI=1S/C15H17N3S/c1-2-4-12-10(3-1)9-13(12)15-18-17-14(19-15)7-8-16-11-5-6-11/h1-4,11,13,16H,5-9H2. The fourth-order valence-electron chi connectivity index (χ4n) is 2.66. The second-order valence-corrected chi connectivity index (χ2v) is 6.56. The van der Waals surface area contributed by atoms with Gasteiger partial charge in [-0.15, -0.1) is 21.5 Å². The molecule has 1 heterocycles. The Hall–Kier alpha value is -1.26. The number of nitrogens with zero attached hydrogens (tertiary/aromatic N) is 2. The number of hydrogen-bond donors (Lipinski definition) is 1. The van der Waals surface area contributed by atoms with E-state index in [1.807, 2.05) is 0 Å². The van der Waals surface area contributed by atoms with Crippen molar-refractivity contribution in [2.24, 2.45) is 0 Å². The summed E-state index contributed by atoms with van der Waals surface area (Å²) in [6.07, 6.45) is 4.84. The van der Waals surface area contributed by atoms with E-state index in [-0.39, 0.29) is 0 Å². The van der Waals surface area contributed by atoms with Crippen molar-refractivity contribution in [2.45, 2.75) is 37.6 Å². The maximum atomic E-state index is 4.39. The Kier molecular flexibility index (Phi) is 2.85. The summed E-state index contributed by atoms with van der Waals surface area (Å²) in [6.45, 7) is 1.04. The summed E-state index contributed by atoms with van der Waals surface area (Å²) in [5, 5.41) is 14.6. The molecule has 1 N–H and O–H groups in total. The van der Waals surface area contributed by atoms with E-state index in [2.05, 4.69) is 39.8 Å². The van der Waals surface area contributed by atoms with Crippen LogP contribution in [-0.4, -0.2) is 22.8 Å². The van der Waals surface area contributed by atoms with Crippen LogP contribution in [0, 0.1) is 0 Å². The maximum absolute atomic E-state index is 4.39. The van der Waals surface area contributed by atoms with Crippen LogP contribution in [0.25, 0.3) is 0 Å². The molecule has 2 aliphatic carbocycles. The fourth-order valence-corrected chi connectivity index (χ4v) is 3.62. The average molecular weight is 271 g/mol. The summed E-state index contributed by atoms with van der Waals surface area (Å²) in [4.78, 5) is 0. The van der Waals surface area contributed by atoms with E-state index in [0.717, 1.165) is 25.4 Å². The summed E-state index contributed by atoms with van der Waals surface area (Å²) in [5.74, 6) is 0.499. The van der Waals surface area contributed by atoms with Gasteiger partial charge in [-0.1, -0.05) is 24.3 Å². The average Bonchev–Trinajstić information content (AvgIpc) is 3.10. The Morgan fingerprint density at radius 2 is 2.11 bits per heavy atom. The molecule has 1 atom stereocenters. The van der Waals surface area contributed by atoms with Gasteiger partial charge in [-0.05, 0) is 30.4 Å². The molecule has 0 saturated heterocycles. The Balaban J connectivity index is 1.41. The van der Waals surface area contributed by atoms with E-state index in [0.29, 0.717) is 5.92 Å². The van der Waals surface area contributed by atoms with Gasteiger partial charge in [-0.25, -0.2) is 0 Å². The first-order valence-electron chi connectivity index (χ1n) is 7.03. The monoisotopic (exact) mass is 271 g/mol. The van der Waals surface area contributed by atoms with Crippen LogP contribution in [-0.2, 0) is 12.8 Å². The van der Waals surface area contributed by atoms with E-state index in [1.165, 1.54) is 34.0 Å². The first-order chi connectivity index (χ1) is 9.40. The van der Waals surface area contributed by atoms with Crippen molar-refractivity contribution < 1.29 is 0 Å². The van der Waals surface area contributed by atoms with Crippen molar-refractivity contribution in [3.63, 3.8) is 0 Å². The predicted octanol–water partition coefficient (Wildman–Crippen LogP) is 2.52. The highest BCUT2D eigenvalue weighted by Crippen LogP contribution is 2.40. The SMILES string of the molecule is c1ccc2c(c1)CC2c1nnc(CCNC2CC2)s1. The normalized spacial score (nSPS) is 20.9. The first kappa shape index (κ1) is 11.6. The molecule has 4 heteroatoms. The van der Waals surface area contributed by atoms with Gasteiger partial charge in [0.2, 0.25) is 0 Å². The highest BCUT2D eigenvalue weighted by molar-refractivity contribution is 7.11. The number of hydrogen-bond acceptors (Lipinski definition) is 4. The van der Waals surface area contributed by atoms with Gasteiger partial charge in [0.05, 0.1) is 0 Å². The van der Waals surface area contributed by atoms with Crippen LogP contribution in [0.3, 0.4) is 0 Å². The Bertz CT molecular complexity index is 589. The number of aromatic nitrogens is 2. The lowest BCUT2D eigenvalue weighted by molar-refractivity contribution is 0.672. The van der Waals surface area contributed by atoms with Crippen LogP contribution >= 0.6 is 11.3 Å².